The SMILES string of the molecule is NC1c2ccccc2CCC1n1cncn1. The molecule has 1 aliphatic carbocycles. The minimum absolute atomic E-state index is 0.0200. The summed E-state index contributed by atoms with van der Waals surface area (Å²) in [4.78, 5) is 3.98. The number of rotatable bonds is 1. The molecule has 1 heterocycles. The van der Waals surface area contributed by atoms with Crippen LogP contribution in [0.15, 0.2) is 36.9 Å². The third-order valence-electron chi connectivity index (χ3n) is 3.31. The van der Waals surface area contributed by atoms with E-state index < -0.39 is 0 Å². The zero-order chi connectivity index (χ0) is 11.0. The number of benzene rings is 1. The minimum atomic E-state index is 0.0200. The number of nitrogens with two attached hydrogens (primary N) is 1. The minimum Gasteiger partial charge on any atom is -0.322 e. The van der Waals surface area contributed by atoms with Gasteiger partial charge in [0.05, 0.1) is 12.1 Å². The smallest absolute Gasteiger partial charge is 0.137 e. The van der Waals surface area contributed by atoms with E-state index in [-0.39, 0.29) is 12.1 Å². The van der Waals surface area contributed by atoms with Crippen LogP contribution in [0.2, 0.25) is 0 Å². The van der Waals surface area contributed by atoms with Crippen LogP contribution >= 0.6 is 0 Å². The maximum Gasteiger partial charge on any atom is 0.137 e. The number of aromatic nitrogens is 3. The van der Waals surface area contributed by atoms with Gasteiger partial charge in [0, 0.05) is 0 Å². The van der Waals surface area contributed by atoms with E-state index in [1.54, 1.807) is 12.7 Å². The lowest BCUT2D eigenvalue weighted by Crippen LogP contribution is -2.30. The zero-order valence-corrected chi connectivity index (χ0v) is 8.95. The molecule has 1 aromatic carbocycles. The third kappa shape index (κ3) is 1.42. The van der Waals surface area contributed by atoms with E-state index in [9.17, 15) is 0 Å². The van der Waals surface area contributed by atoms with Crippen molar-refractivity contribution in [2.24, 2.45) is 5.73 Å². The molecule has 82 valence electrons. The summed E-state index contributed by atoms with van der Waals surface area (Å²) in [5, 5.41) is 4.19. The first-order valence-electron chi connectivity index (χ1n) is 5.54. The van der Waals surface area contributed by atoms with Gasteiger partial charge in [0.2, 0.25) is 0 Å². The first-order valence-corrected chi connectivity index (χ1v) is 5.54. The number of fused-ring (bicyclic) bond motifs is 1. The highest BCUT2D eigenvalue weighted by Crippen LogP contribution is 2.34. The van der Waals surface area contributed by atoms with E-state index in [0.29, 0.717) is 0 Å². The summed E-state index contributed by atoms with van der Waals surface area (Å²) < 4.78 is 1.88. The van der Waals surface area contributed by atoms with E-state index in [1.807, 2.05) is 10.7 Å². The molecule has 2 aromatic rings. The van der Waals surface area contributed by atoms with Gasteiger partial charge in [-0.15, -0.1) is 0 Å². The molecule has 1 aliphatic rings. The Bertz CT molecular complexity index is 478. The predicted molar refractivity (Wildman–Crippen MR) is 60.8 cm³/mol. The van der Waals surface area contributed by atoms with Gasteiger partial charge in [-0.25, -0.2) is 9.67 Å². The maximum atomic E-state index is 6.29. The molecule has 16 heavy (non-hydrogen) atoms. The van der Waals surface area contributed by atoms with Crippen molar-refractivity contribution in [2.45, 2.75) is 24.9 Å². The molecule has 0 fully saturated rings. The Morgan fingerprint density at radius 1 is 1.31 bits per heavy atom. The standard InChI is InChI=1S/C12H14N4/c13-12-10-4-2-1-3-9(10)5-6-11(12)16-8-14-7-15-16/h1-4,7-8,11-12H,5-6,13H2. The van der Waals surface area contributed by atoms with Crippen LogP contribution < -0.4 is 5.73 Å². The van der Waals surface area contributed by atoms with Gasteiger partial charge in [-0.3, -0.25) is 0 Å². The second-order valence-electron chi connectivity index (χ2n) is 4.21. The fourth-order valence-corrected chi connectivity index (χ4v) is 2.46. The molecule has 4 nitrogen and oxygen atoms in total. The fraction of sp³-hybridized carbons (Fsp3) is 0.333. The first-order chi connectivity index (χ1) is 7.86. The van der Waals surface area contributed by atoms with Crippen LogP contribution in [-0.4, -0.2) is 14.8 Å². The Balaban J connectivity index is 1.98. The summed E-state index contributed by atoms with van der Waals surface area (Å²) >= 11 is 0. The molecule has 3 rings (SSSR count). The molecule has 0 amide bonds. The van der Waals surface area contributed by atoms with Crippen LogP contribution in [0.5, 0.6) is 0 Å². The van der Waals surface area contributed by atoms with Crippen molar-refractivity contribution in [1.82, 2.24) is 14.8 Å². The molecule has 0 saturated heterocycles. The number of hydrogen-bond donors (Lipinski definition) is 1. The van der Waals surface area contributed by atoms with Gasteiger partial charge < -0.3 is 5.73 Å². The molecular weight excluding hydrogens is 200 g/mol. The van der Waals surface area contributed by atoms with Gasteiger partial charge in [-0.1, -0.05) is 24.3 Å². The summed E-state index contributed by atoms with van der Waals surface area (Å²) in [5.41, 5.74) is 8.90. The first kappa shape index (κ1) is 9.54. The van der Waals surface area contributed by atoms with Crippen molar-refractivity contribution < 1.29 is 0 Å². The summed E-state index contributed by atoms with van der Waals surface area (Å²) in [7, 11) is 0. The summed E-state index contributed by atoms with van der Waals surface area (Å²) in [6.45, 7) is 0. The second kappa shape index (κ2) is 3.72. The van der Waals surface area contributed by atoms with Gasteiger partial charge in [0.25, 0.3) is 0 Å². The van der Waals surface area contributed by atoms with Crippen LogP contribution in [-0.2, 0) is 6.42 Å². The molecule has 0 radical (unpaired) electrons. The highest BCUT2D eigenvalue weighted by Gasteiger charge is 2.27. The van der Waals surface area contributed by atoms with Crippen LogP contribution in [0.1, 0.15) is 29.6 Å². The molecule has 1 aromatic heterocycles. The fourth-order valence-electron chi connectivity index (χ4n) is 2.46. The van der Waals surface area contributed by atoms with Crippen LogP contribution in [0.3, 0.4) is 0 Å². The molecule has 2 N–H and O–H groups in total. The van der Waals surface area contributed by atoms with E-state index >= 15 is 0 Å². The van der Waals surface area contributed by atoms with Crippen molar-refractivity contribution in [1.29, 1.82) is 0 Å². The van der Waals surface area contributed by atoms with Crippen molar-refractivity contribution in [3.05, 3.63) is 48.0 Å². The van der Waals surface area contributed by atoms with Crippen LogP contribution in [0.25, 0.3) is 0 Å². The van der Waals surface area contributed by atoms with Crippen LogP contribution in [0.4, 0.5) is 0 Å². The highest BCUT2D eigenvalue weighted by molar-refractivity contribution is 5.33. The summed E-state index contributed by atoms with van der Waals surface area (Å²) in [5.74, 6) is 0. The lowest BCUT2D eigenvalue weighted by atomic mass is 9.85. The average Bonchev–Trinajstić information content (AvgIpc) is 2.83. The third-order valence-corrected chi connectivity index (χ3v) is 3.31. The zero-order valence-electron chi connectivity index (χ0n) is 8.95. The van der Waals surface area contributed by atoms with Crippen molar-refractivity contribution in [3.63, 3.8) is 0 Å². The number of nitrogens with zero attached hydrogens (tertiary/aromatic N) is 3. The predicted octanol–water partition coefficient (Wildman–Crippen LogP) is 1.47. The van der Waals surface area contributed by atoms with E-state index in [4.69, 9.17) is 5.73 Å². The molecule has 2 atom stereocenters. The molecule has 0 aliphatic heterocycles. The lowest BCUT2D eigenvalue weighted by Gasteiger charge is -2.30. The summed E-state index contributed by atoms with van der Waals surface area (Å²) in [6, 6.07) is 8.64. The molecule has 4 heteroatoms. The maximum absolute atomic E-state index is 6.29. The van der Waals surface area contributed by atoms with Crippen molar-refractivity contribution in [2.75, 3.05) is 0 Å². The largest absolute Gasteiger partial charge is 0.322 e. The quantitative estimate of drug-likeness (QED) is 0.782. The Morgan fingerprint density at radius 2 is 2.19 bits per heavy atom. The van der Waals surface area contributed by atoms with E-state index in [2.05, 4.69) is 28.3 Å². The molecule has 0 bridgehead atoms. The Morgan fingerprint density at radius 3 is 3.00 bits per heavy atom. The Kier molecular flexibility index (Phi) is 2.22. The highest BCUT2D eigenvalue weighted by atomic mass is 15.3. The van der Waals surface area contributed by atoms with Gasteiger partial charge >= 0.3 is 0 Å². The van der Waals surface area contributed by atoms with Gasteiger partial charge in [0.1, 0.15) is 12.7 Å². The van der Waals surface area contributed by atoms with Crippen molar-refractivity contribution in [3.8, 4) is 0 Å². The van der Waals surface area contributed by atoms with E-state index in [1.165, 1.54) is 11.1 Å². The van der Waals surface area contributed by atoms with Crippen molar-refractivity contribution >= 4 is 0 Å². The number of hydrogen-bond acceptors (Lipinski definition) is 3. The normalized spacial score (nSPS) is 24.1. The molecular formula is C12H14N4. The van der Waals surface area contributed by atoms with E-state index in [0.717, 1.165) is 12.8 Å². The second-order valence-corrected chi connectivity index (χ2v) is 4.21. The molecule has 0 saturated carbocycles. The Hall–Kier alpha value is -1.68. The topological polar surface area (TPSA) is 56.7 Å². The molecule has 2 unspecified atom stereocenters. The lowest BCUT2D eigenvalue weighted by molar-refractivity contribution is 0.341. The number of aryl methyl sites for hydroxylation is 1. The van der Waals surface area contributed by atoms with Gasteiger partial charge in [-0.2, -0.15) is 5.10 Å². The van der Waals surface area contributed by atoms with Gasteiger partial charge in [0.15, 0.2) is 0 Å². The van der Waals surface area contributed by atoms with Gasteiger partial charge in [-0.05, 0) is 24.0 Å². The Labute approximate surface area is 94.1 Å². The summed E-state index contributed by atoms with van der Waals surface area (Å²) in [6.07, 6.45) is 5.40. The monoisotopic (exact) mass is 214 g/mol. The average molecular weight is 214 g/mol. The molecule has 0 spiro atoms. The van der Waals surface area contributed by atoms with Crippen LogP contribution in [0, 0.1) is 0 Å².